The Balaban J connectivity index is 1.63. The van der Waals surface area contributed by atoms with Crippen molar-refractivity contribution < 1.29 is 10.2 Å². The molecule has 0 aliphatic heterocycles. The van der Waals surface area contributed by atoms with Crippen LogP contribution in [0.4, 0.5) is 0 Å². The van der Waals surface area contributed by atoms with Crippen LogP contribution in [0.25, 0.3) is 0 Å². The summed E-state index contributed by atoms with van der Waals surface area (Å²) in [6.07, 6.45) is 16.6. The average Bonchev–Trinajstić information content (AvgIpc) is 3.02. The number of rotatable bonds is 5. The zero-order valence-corrected chi connectivity index (χ0v) is 21.8. The highest BCUT2D eigenvalue weighted by atomic mass is 16.3. The minimum Gasteiger partial charge on any atom is -0.393 e. The second kappa shape index (κ2) is 8.12. The van der Waals surface area contributed by atoms with E-state index in [1.807, 2.05) is 6.92 Å². The van der Waals surface area contributed by atoms with Gasteiger partial charge in [0.25, 0.3) is 0 Å². The fraction of sp³-hybridized carbons (Fsp3) is 0.800. The zero-order valence-electron chi connectivity index (χ0n) is 21.8. The smallest absolute Gasteiger partial charge is 0.0639 e. The normalized spacial score (nSPS) is 44.2. The van der Waals surface area contributed by atoms with Crippen LogP contribution in [0, 0.1) is 39.4 Å². The molecule has 2 N–H and O–H groups in total. The Labute approximate surface area is 197 Å². The Morgan fingerprint density at radius 2 is 1.81 bits per heavy atom. The van der Waals surface area contributed by atoms with Crippen molar-refractivity contribution >= 4 is 0 Å². The first kappa shape index (κ1) is 24.3. The molecule has 0 bridgehead atoms. The highest BCUT2D eigenvalue weighted by Gasteiger charge is 2.62. The van der Waals surface area contributed by atoms with E-state index in [-0.39, 0.29) is 29.0 Å². The number of aliphatic hydroxyl groups is 2. The average molecular weight is 441 g/mol. The summed E-state index contributed by atoms with van der Waals surface area (Å²) in [5.74, 6) is 1.99. The number of hydrogen-bond donors (Lipinski definition) is 2. The lowest BCUT2D eigenvalue weighted by atomic mass is 9.44. The molecule has 7 atom stereocenters. The van der Waals surface area contributed by atoms with Gasteiger partial charge in [-0.25, -0.2) is 0 Å². The van der Waals surface area contributed by atoms with Crippen LogP contribution >= 0.6 is 0 Å². The molecule has 0 radical (unpaired) electrons. The van der Waals surface area contributed by atoms with Crippen molar-refractivity contribution in [1.82, 2.24) is 0 Å². The summed E-state index contributed by atoms with van der Waals surface area (Å²) >= 11 is 0. The second-order valence-corrected chi connectivity index (χ2v) is 13.2. The summed E-state index contributed by atoms with van der Waals surface area (Å²) in [5, 5.41) is 20.1. The van der Waals surface area contributed by atoms with Gasteiger partial charge in [0.1, 0.15) is 0 Å². The Morgan fingerprint density at radius 1 is 1.09 bits per heavy atom. The predicted molar refractivity (Wildman–Crippen MR) is 134 cm³/mol. The van der Waals surface area contributed by atoms with E-state index in [2.05, 4.69) is 59.8 Å². The Morgan fingerprint density at radius 3 is 2.50 bits per heavy atom. The van der Waals surface area contributed by atoms with Crippen molar-refractivity contribution in [3.63, 3.8) is 0 Å². The minimum atomic E-state index is -0.180. The van der Waals surface area contributed by atoms with Crippen LogP contribution in [-0.2, 0) is 0 Å². The molecule has 4 rings (SSSR count). The SMILES string of the molecule is CC(=CCC[C@@H](C)[C@@H]1CC[C@@]2(C)C3=CCC4C(C)(C)[C@@H](O)CC[C@]4(C)C3=CC[C@]12C)CO. The summed E-state index contributed by atoms with van der Waals surface area (Å²) < 4.78 is 0. The van der Waals surface area contributed by atoms with Crippen molar-refractivity contribution in [1.29, 1.82) is 0 Å². The van der Waals surface area contributed by atoms with Gasteiger partial charge in [0.2, 0.25) is 0 Å². The summed E-state index contributed by atoms with van der Waals surface area (Å²) in [6, 6.07) is 0. The summed E-state index contributed by atoms with van der Waals surface area (Å²) in [5.41, 5.74) is 5.18. The van der Waals surface area contributed by atoms with Gasteiger partial charge in [-0.3, -0.25) is 0 Å². The van der Waals surface area contributed by atoms with Gasteiger partial charge in [-0.2, -0.15) is 0 Å². The van der Waals surface area contributed by atoms with Crippen LogP contribution in [0.15, 0.2) is 34.9 Å². The van der Waals surface area contributed by atoms with Gasteiger partial charge in [-0.15, -0.1) is 0 Å². The van der Waals surface area contributed by atoms with Gasteiger partial charge in [-0.05, 0) is 109 Å². The molecule has 0 saturated heterocycles. The third-order valence-corrected chi connectivity index (χ3v) is 11.3. The summed E-state index contributed by atoms with van der Waals surface area (Å²) in [6.45, 7) is 17.0. The quantitative estimate of drug-likeness (QED) is 0.443. The van der Waals surface area contributed by atoms with Crippen molar-refractivity contribution in [2.75, 3.05) is 6.61 Å². The molecule has 1 unspecified atom stereocenters. The van der Waals surface area contributed by atoms with E-state index in [1.54, 1.807) is 11.1 Å². The maximum Gasteiger partial charge on any atom is 0.0639 e. The molecular weight excluding hydrogens is 392 g/mol. The molecule has 180 valence electrons. The first-order valence-corrected chi connectivity index (χ1v) is 13.3. The topological polar surface area (TPSA) is 40.5 Å². The number of allylic oxidation sites excluding steroid dienone is 5. The van der Waals surface area contributed by atoms with Gasteiger partial charge in [-0.1, -0.05) is 65.3 Å². The van der Waals surface area contributed by atoms with E-state index in [1.165, 1.54) is 25.7 Å². The largest absolute Gasteiger partial charge is 0.393 e. The first-order chi connectivity index (χ1) is 14.9. The van der Waals surface area contributed by atoms with Gasteiger partial charge in [0, 0.05) is 0 Å². The van der Waals surface area contributed by atoms with E-state index in [0.717, 1.165) is 37.2 Å². The van der Waals surface area contributed by atoms with Crippen LogP contribution < -0.4 is 0 Å². The van der Waals surface area contributed by atoms with E-state index < -0.39 is 0 Å². The standard InChI is InChI=1S/C30H48O2/c1-20(19-31)9-8-10-21(2)22-13-17-30(7)24-11-12-25-27(3,4)26(32)15-16-28(25,5)23(24)14-18-29(22,30)6/h9,11,14,21-22,25-26,31-32H,8,10,12-13,15-19H2,1-7H3/t21-,22+,25?,26+,28-,29-,30+/m1/s1. The molecule has 0 aromatic rings. The third kappa shape index (κ3) is 3.34. The Bertz CT molecular complexity index is 832. The molecule has 2 heteroatoms. The molecule has 2 saturated carbocycles. The summed E-state index contributed by atoms with van der Waals surface area (Å²) in [7, 11) is 0. The monoisotopic (exact) mass is 440 g/mol. The van der Waals surface area contributed by atoms with Gasteiger partial charge >= 0.3 is 0 Å². The van der Waals surface area contributed by atoms with Crippen molar-refractivity contribution in [2.45, 2.75) is 106 Å². The minimum absolute atomic E-state index is 0.0233. The lowest BCUT2D eigenvalue weighted by Crippen LogP contribution is -2.54. The number of fused-ring (bicyclic) bond motifs is 5. The molecular formula is C30H48O2. The zero-order chi connectivity index (χ0) is 23.5. The lowest BCUT2D eigenvalue weighted by Gasteiger charge is -2.61. The molecule has 32 heavy (non-hydrogen) atoms. The second-order valence-electron chi connectivity index (χ2n) is 13.2. The molecule has 0 spiro atoms. The van der Waals surface area contributed by atoms with E-state index in [9.17, 15) is 10.2 Å². The number of hydrogen-bond acceptors (Lipinski definition) is 2. The molecule has 0 aromatic carbocycles. The highest BCUT2D eigenvalue weighted by Crippen LogP contribution is 2.71. The van der Waals surface area contributed by atoms with Crippen LogP contribution in [0.1, 0.15) is 99.8 Å². The van der Waals surface area contributed by atoms with Crippen LogP contribution in [0.3, 0.4) is 0 Å². The Hall–Kier alpha value is -0.860. The van der Waals surface area contributed by atoms with Crippen molar-refractivity contribution in [3.8, 4) is 0 Å². The van der Waals surface area contributed by atoms with E-state index >= 15 is 0 Å². The van der Waals surface area contributed by atoms with Gasteiger partial charge in [0.15, 0.2) is 0 Å². The molecule has 0 aromatic heterocycles. The first-order valence-electron chi connectivity index (χ1n) is 13.3. The molecule has 0 heterocycles. The van der Waals surface area contributed by atoms with Gasteiger partial charge < -0.3 is 10.2 Å². The predicted octanol–water partition coefficient (Wildman–Crippen LogP) is 7.23. The fourth-order valence-electron chi connectivity index (χ4n) is 8.80. The molecule has 0 amide bonds. The molecule has 2 fully saturated rings. The van der Waals surface area contributed by atoms with Crippen LogP contribution in [0.5, 0.6) is 0 Å². The summed E-state index contributed by atoms with van der Waals surface area (Å²) in [4.78, 5) is 0. The molecule has 4 aliphatic carbocycles. The number of aliphatic hydroxyl groups excluding tert-OH is 2. The maximum atomic E-state index is 10.8. The maximum absolute atomic E-state index is 10.8. The highest BCUT2D eigenvalue weighted by molar-refractivity contribution is 5.49. The molecule has 4 aliphatic rings. The van der Waals surface area contributed by atoms with Crippen LogP contribution in [-0.4, -0.2) is 22.9 Å². The fourth-order valence-corrected chi connectivity index (χ4v) is 8.80. The third-order valence-electron chi connectivity index (χ3n) is 11.3. The van der Waals surface area contributed by atoms with Crippen molar-refractivity contribution in [2.24, 2.45) is 39.4 Å². The Kier molecular flexibility index (Phi) is 6.16. The van der Waals surface area contributed by atoms with E-state index in [4.69, 9.17) is 0 Å². The lowest BCUT2D eigenvalue weighted by molar-refractivity contribution is -0.0851. The van der Waals surface area contributed by atoms with Crippen molar-refractivity contribution in [3.05, 3.63) is 34.9 Å². The van der Waals surface area contributed by atoms with E-state index in [0.29, 0.717) is 17.3 Å². The molecule has 2 nitrogen and oxygen atoms in total. The van der Waals surface area contributed by atoms with Crippen LogP contribution in [0.2, 0.25) is 0 Å². The van der Waals surface area contributed by atoms with Gasteiger partial charge in [0.05, 0.1) is 12.7 Å².